The average molecular weight is 313 g/mol. The second-order valence-corrected chi connectivity index (χ2v) is 5.19. The standard InChI is InChI=1S/C16H13ClN4O/c1-11-14(17)6-3-7-15(11)20-16(22)12-4-2-5-13(8-12)21-9-18-19-10-21/h2-10H,1H3,(H,20,22). The van der Waals surface area contributed by atoms with Crippen molar-refractivity contribution in [1.29, 1.82) is 0 Å². The Morgan fingerprint density at radius 3 is 2.64 bits per heavy atom. The van der Waals surface area contributed by atoms with Crippen molar-refractivity contribution >= 4 is 23.2 Å². The van der Waals surface area contributed by atoms with Gasteiger partial charge in [-0.2, -0.15) is 0 Å². The molecule has 1 N–H and O–H groups in total. The minimum absolute atomic E-state index is 0.194. The Bertz CT molecular complexity index is 815. The van der Waals surface area contributed by atoms with Gasteiger partial charge in [0.25, 0.3) is 5.91 Å². The number of halogens is 1. The van der Waals surface area contributed by atoms with Crippen molar-refractivity contribution in [3.05, 3.63) is 71.3 Å². The number of amides is 1. The lowest BCUT2D eigenvalue weighted by Gasteiger charge is -2.10. The average Bonchev–Trinajstić information content (AvgIpc) is 3.06. The van der Waals surface area contributed by atoms with Gasteiger partial charge in [-0.25, -0.2) is 0 Å². The molecule has 0 aliphatic heterocycles. The molecule has 0 aliphatic rings. The molecule has 0 atom stereocenters. The van der Waals surface area contributed by atoms with Crippen LogP contribution in [0.5, 0.6) is 0 Å². The topological polar surface area (TPSA) is 59.8 Å². The van der Waals surface area contributed by atoms with Gasteiger partial charge in [0, 0.05) is 22.0 Å². The van der Waals surface area contributed by atoms with Gasteiger partial charge >= 0.3 is 0 Å². The second-order valence-electron chi connectivity index (χ2n) is 4.79. The van der Waals surface area contributed by atoms with Crippen LogP contribution in [0.3, 0.4) is 0 Å². The zero-order valence-electron chi connectivity index (χ0n) is 11.8. The summed E-state index contributed by atoms with van der Waals surface area (Å²) in [4.78, 5) is 12.4. The van der Waals surface area contributed by atoms with Crippen molar-refractivity contribution in [2.75, 3.05) is 5.32 Å². The van der Waals surface area contributed by atoms with E-state index in [9.17, 15) is 4.79 Å². The van der Waals surface area contributed by atoms with Crippen molar-refractivity contribution in [3.63, 3.8) is 0 Å². The molecule has 0 fully saturated rings. The van der Waals surface area contributed by atoms with E-state index < -0.39 is 0 Å². The van der Waals surface area contributed by atoms with Gasteiger partial charge in [0.2, 0.25) is 0 Å². The minimum atomic E-state index is -0.194. The quantitative estimate of drug-likeness (QED) is 0.805. The molecule has 3 rings (SSSR count). The van der Waals surface area contributed by atoms with E-state index in [0.29, 0.717) is 16.3 Å². The molecule has 5 nitrogen and oxygen atoms in total. The third-order valence-corrected chi connectivity index (χ3v) is 3.75. The molecule has 0 saturated heterocycles. The lowest BCUT2D eigenvalue weighted by atomic mass is 10.1. The van der Waals surface area contributed by atoms with Crippen LogP contribution in [0.2, 0.25) is 5.02 Å². The zero-order valence-corrected chi connectivity index (χ0v) is 12.6. The van der Waals surface area contributed by atoms with E-state index in [4.69, 9.17) is 11.6 Å². The van der Waals surface area contributed by atoms with Crippen LogP contribution in [0.25, 0.3) is 5.69 Å². The van der Waals surface area contributed by atoms with Crippen LogP contribution < -0.4 is 5.32 Å². The summed E-state index contributed by atoms with van der Waals surface area (Å²) in [5.41, 5.74) is 2.91. The highest BCUT2D eigenvalue weighted by Gasteiger charge is 2.10. The number of hydrogen-bond donors (Lipinski definition) is 1. The third-order valence-electron chi connectivity index (χ3n) is 3.34. The molecule has 1 heterocycles. The Labute approximate surface area is 132 Å². The normalized spacial score (nSPS) is 10.5. The fraction of sp³-hybridized carbons (Fsp3) is 0.0625. The van der Waals surface area contributed by atoms with Crippen LogP contribution in [-0.4, -0.2) is 20.7 Å². The van der Waals surface area contributed by atoms with Gasteiger partial charge in [-0.3, -0.25) is 9.36 Å². The van der Waals surface area contributed by atoms with E-state index in [1.807, 2.05) is 25.1 Å². The first-order valence-corrected chi connectivity index (χ1v) is 7.04. The Morgan fingerprint density at radius 1 is 1.14 bits per heavy atom. The Balaban J connectivity index is 1.87. The van der Waals surface area contributed by atoms with Gasteiger partial charge in [0.1, 0.15) is 12.7 Å². The van der Waals surface area contributed by atoms with Gasteiger partial charge in [-0.05, 0) is 42.8 Å². The number of aromatic nitrogens is 3. The van der Waals surface area contributed by atoms with E-state index in [1.165, 1.54) is 0 Å². The maximum absolute atomic E-state index is 12.4. The first-order valence-electron chi connectivity index (χ1n) is 6.66. The summed E-state index contributed by atoms with van der Waals surface area (Å²) >= 11 is 6.07. The molecule has 0 radical (unpaired) electrons. The highest BCUT2D eigenvalue weighted by atomic mass is 35.5. The van der Waals surface area contributed by atoms with Crippen LogP contribution >= 0.6 is 11.6 Å². The molecule has 0 bridgehead atoms. The maximum atomic E-state index is 12.4. The Kier molecular flexibility index (Phi) is 3.89. The smallest absolute Gasteiger partial charge is 0.255 e. The van der Waals surface area contributed by atoms with E-state index >= 15 is 0 Å². The number of hydrogen-bond acceptors (Lipinski definition) is 3. The fourth-order valence-corrected chi connectivity index (χ4v) is 2.25. The van der Waals surface area contributed by atoms with E-state index in [-0.39, 0.29) is 5.91 Å². The van der Waals surface area contributed by atoms with Gasteiger partial charge in [0.05, 0.1) is 0 Å². The molecule has 0 saturated carbocycles. The van der Waals surface area contributed by atoms with E-state index in [2.05, 4.69) is 15.5 Å². The molecule has 0 spiro atoms. The molecule has 0 unspecified atom stereocenters. The van der Waals surface area contributed by atoms with Crippen molar-refractivity contribution in [2.24, 2.45) is 0 Å². The number of carbonyl (C=O) groups is 1. The van der Waals surface area contributed by atoms with Crippen LogP contribution in [0.4, 0.5) is 5.69 Å². The van der Waals surface area contributed by atoms with Crippen molar-refractivity contribution in [3.8, 4) is 5.69 Å². The second kappa shape index (κ2) is 5.99. The minimum Gasteiger partial charge on any atom is -0.322 e. The van der Waals surface area contributed by atoms with Gasteiger partial charge < -0.3 is 5.32 Å². The molecular weight excluding hydrogens is 300 g/mol. The predicted octanol–water partition coefficient (Wildman–Crippen LogP) is 3.48. The van der Waals surface area contributed by atoms with Crippen LogP contribution in [0, 0.1) is 6.92 Å². The number of nitrogens with one attached hydrogen (secondary N) is 1. The largest absolute Gasteiger partial charge is 0.322 e. The third kappa shape index (κ3) is 2.84. The molecule has 0 aliphatic carbocycles. The molecule has 3 aromatic rings. The molecule has 1 amide bonds. The molecule has 22 heavy (non-hydrogen) atoms. The molecule has 2 aromatic carbocycles. The number of carbonyl (C=O) groups excluding carboxylic acids is 1. The summed E-state index contributed by atoms with van der Waals surface area (Å²) in [7, 11) is 0. The number of benzene rings is 2. The van der Waals surface area contributed by atoms with Crippen LogP contribution in [0.15, 0.2) is 55.1 Å². The van der Waals surface area contributed by atoms with Crippen molar-refractivity contribution in [1.82, 2.24) is 14.8 Å². The predicted molar refractivity (Wildman–Crippen MR) is 85.5 cm³/mol. The van der Waals surface area contributed by atoms with Gasteiger partial charge in [-0.15, -0.1) is 10.2 Å². The molecule has 110 valence electrons. The first-order chi connectivity index (χ1) is 10.6. The highest BCUT2D eigenvalue weighted by molar-refractivity contribution is 6.31. The SMILES string of the molecule is Cc1c(Cl)cccc1NC(=O)c1cccc(-n2cnnc2)c1. The summed E-state index contributed by atoms with van der Waals surface area (Å²) in [6.45, 7) is 1.87. The Morgan fingerprint density at radius 2 is 1.86 bits per heavy atom. The maximum Gasteiger partial charge on any atom is 0.255 e. The Hall–Kier alpha value is -2.66. The fourth-order valence-electron chi connectivity index (χ4n) is 2.08. The summed E-state index contributed by atoms with van der Waals surface area (Å²) in [6, 6.07) is 12.6. The van der Waals surface area contributed by atoms with Crippen LogP contribution in [-0.2, 0) is 0 Å². The summed E-state index contributed by atoms with van der Waals surface area (Å²) in [5.74, 6) is -0.194. The summed E-state index contributed by atoms with van der Waals surface area (Å²) in [6.07, 6.45) is 3.16. The lowest BCUT2D eigenvalue weighted by Crippen LogP contribution is -2.13. The van der Waals surface area contributed by atoms with E-state index in [1.54, 1.807) is 41.5 Å². The first kappa shape index (κ1) is 14.3. The summed E-state index contributed by atoms with van der Waals surface area (Å²) in [5, 5.41) is 11.0. The molecule has 1 aromatic heterocycles. The van der Waals surface area contributed by atoms with Gasteiger partial charge in [0.15, 0.2) is 0 Å². The molecular formula is C16H13ClN4O. The van der Waals surface area contributed by atoms with Crippen molar-refractivity contribution < 1.29 is 4.79 Å². The highest BCUT2D eigenvalue weighted by Crippen LogP contribution is 2.23. The zero-order chi connectivity index (χ0) is 15.5. The van der Waals surface area contributed by atoms with E-state index in [0.717, 1.165) is 11.3 Å². The summed E-state index contributed by atoms with van der Waals surface area (Å²) < 4.78 is 1.74. The number of anilines is 1. The number of rotatable bonds is 3. The monoisotopic (exact) mass is 312 g/mol. The number of nitrogens with zero attached hydrogens (tertiary/aromatic N) is 3. The van der Waals surface area contributed by atoms with Crippen LogP contribution in [0.1, 0.15) is 15.9 Å². The molecule has 6 heteroatoms. The van der Waals surface area contributed by atoms with Gasteiger partial charge in [-0.1, -0.05) is 23.7 Å². The van der Waals surface area contributed by atoms with Crippen molar-refractivity contribution in [2.45, 2.75) is 6.92 Å². The lowest BCUT2D eigenvalue weighted by molar-refractivity contribution is 0.102.